The minimum absolute atomic E-state index is 0.0565. The quantitative estimate of drug-likeness (QED) is 0.372. The predicted molar refractivity (Wildman–Crippen MR) is 103 cm³/mol. The van der Waals surface area contributed by atoms with Gasteiger partial charge in [0.05, 0.1) is 24.6 Å². The average Bonchev–Trinajstić information content (AvgIpc) is 2.56. The molecule has 0 bridgehead atoms. The van der Waals surface area contributed by atoms with Gasteiger partial charge in [0.2, 0.25) is 0 Å². The summed E-state index contributed by atoms with van der Waals surface area (Å²) in [6.07, 6.45) is 0. The molecule has 2 rings (SSSR count). The van der Waals surface area contributed by atoms with Crippen LogP contribution in [-0.2, 0) is 20.2 Å². The molecule has 10 nitrogen and oxygen atoms in total. The molecule has 0 atom stereocenters. The Morgan fingerprint density at radius 3 is 1.32 bits per heavy atom. The van der Waals surface area contributed by atoms with Crippen molar-refractivity contribution >= 4 is 31.6 Å². The Balaban J connectivity index is 2.99. The molecule has 12 heteroatoms. The van der Waals surface area contributed by atoms with Crippen LogP contribution >= 0.6 is 0 Å². The summed E-state index contributed by atoms with van der Waals surface area (Å²) < 4.78 is 77.4. The molecule has 0 radical (unpaired) electrons. The van der Waals surface area contributed by atoms with E-state index in [2.05, 4.69) is 0 Å². The monoisotopic (exact) mass is 432 g/mol. The Morgan fingerprint density at radius 1 is 0.750 bits per heavy atom. The van der Waals surface area contributed by atoms with Gasteiger partial charge in [-0.15, -0.1) is 0 Å². The van der Waals surface area contributed by atoms with E-state index in [9.17, 15) is 25.9 Å². The van der Waals surface area contributed by atoms with Crippen LogP contribution in [0.5, 0.6) is 11.5 Å². The van der Waals surface area contributed by atoms with E-state index in [0.29, 0.717) is 0 Å². The summed E-state index contributed by atoms with van der Waals surface area (Å²) >= 11 is 0. The summed E-state index contributed by atoms with van der Waals surface area (Å²) in [7, 11) is -9.63. The Kier molecular flexibility index (Phi) is 6.09. The Bertz CT molecular complexity index is 1020. The van der Waals surface area contributed by atoms with Crippen molar-refractivity contribution in [2.45, 2.75) is 23.6 Å². The summed E-state index contributed by atoms with van der Waals surface area (Å²) in [5.41, 5.74) is 10.8. The lowest BCUT2D eigenvalue weighted by atomic mass is 10.0. The van der Waals surface area contributed by atoms with Crippen LogP contribution in [0.4, 0.5) is 11.4 Å². The van der Waals surface area contributed by atoms with Crippen molar-refractivity contribution in [2.75, 3.05) is 24.7 Å². The number of hydrogen-bond acceptors (Lipinski definition) is 8. The number of anilines is 2. The highest BCUT2D eigenvalue weighted by Crippen LogP contribution is 2.41. The maximum absolute atomic E-state index is 11.9. The van der Waals surface area contributed by atoms with Crippen molar-refractivity contribution in [3.05, 3.63) is 24.3 Å². The molecule has 0 saturated heterocycles. The Labute approximate surface area is 162 Å². The third kappa shape index (κ3) is 4.47. The van der Waals surface area contributed by atoms with Crippen molar-refractivity contribution < 1.29 is 35.4 Å². The number of ether oxygens (including phenoxy) is 2. The molecule has 0 aliphatic heterocycles. The van der Waals surface area contributed by atoms with E-state index in [1.165, 1.54) is 0 Å². The predicted octanol–water partition coefficient (Wildman–Crippen LogP) is 1.81. The normalized spacial score (nSPS) is 12.0. The van der Waals surface area contributed by atoms with Gasteiger partial charge >= 0.3 is 0 Å². The van der Waals surface area contributed by atoms with Gasteiger partial charge in [0.1, 0.15) is 21.3 Å². The SMILES string of the molecule is CCOc1cc(-c2cc(OCC)c(N)cc2S(=O)(=O)O)c(S(=O)(=O)O)cc1N. The fraction of sp³-hybridized carbons (Fsp3) is 0.250. The molecule has 0 aromatic heterocycles. The largest absolute Gasteiger partial charge is 0.492 e. The number of hydrogen-bond donors (Lipinski definition) is 4. The average molecular weight is 432 g/mol. The first-order valence-electron chi connectivity index (χ1n) is 7.98. The van der Waals surface area contributed by atoms with Crippen LogP contribution in [0.25, 0.3) is 11.1 Å². The molecular formula is C16H20N2O8S2. The van der Waals surface area contributed by atoms with E-state index in [1.807, 2.05) is 0 Å². The lowest BCUT2D eigenvalue weighted by Gasteiger charge is -2.17. The maximum atomic E-state index is 11.9. The van der Waals surface area contributed by atoms with Crippen LogP contribution in [0.15, 0.2) is 34.1 Å². The molecule has 0 fully saturated rings. The van der Waals surface area contributed by atoms with Gasteiger partial charge in [-0.2, -0.15) is 16.8 Å². The summed E-state index contributed by atoms with van der Waals surface area (Å²) in [5, 5.41) is 0. The summed E-state index contributed by atoms with van der Waals surface area (Å²) in [4.78, 5) is -1.35. The molecule has 154 valence electrons. The van der Waals surface area contributed by atoms with Crippen LogP contribution in [0.1, 0.15) is 13.8 Å². The standard InChI is InChI=1S/C16H20N2O8S2/c1-3-25-13-5-9(15(7-11(13)17)27(19,20)21)10-6-14(26-4-2)12(18)8-16(10)28(22,23)24/h5-8H,3-4,17-18H2,1-2H3,(H,19,20,21)(H,22,23,24). The minimum Gasteiger partial charge on any atom is -0.492 e. The molecule has 0 spiro atoms. The second-order valence-corrected chi connectivity index (χ2v) is 8.37. The maximum Gasteiger partial charge on any atom is 0.295 e. The molecular weight excluding hydrogens is 412 g/mol. The first-order valence-corrected chi connectivity index (χ1v) is 10.9. The number of benzene rings is 2. The fourth-order valence-corrected chi connectivity index (χ4v) is 4.01. The summed E-state index contributed by atoms with van der Waals surface area (Å²) in [6, 6.07) is 4.16. The van der Waals surface area contributed by atoms with Gasteiger partial charge in [-0.1, -0.05) is 0 Å². The molecule has 2 aromatic rings. The van der Waals surface area contributed by atoms with E-state index in [1.54, 1.807) is 13.8 Å². The van der Waals surface area contributed by atoms with Gasteiger partial charge in [0.15, 0.2) is 0 Å². The van der Waals surface area contributed by atoms with Crippen LogP contribution < -0.4 is 20.9 Å². The van der Waals surface area contributed by atoms with Crippen molar-refractivity contribution in [1.29, 1.82) is 0 Å². The van der Waals surface area contributed by atoms with Gasteiger partial charge in [0, 0.05) is 11.1 Å². The Hall–Kier alpha value is -2.54. The van der Waals surface area contributed by atoms with Crippen LogP contribution in [0, 0.1) is 0 Å². The molecule has 2 aromatic carbocycles. The number of nitrogens with two attached hydrogens (primary N) is 2. The molecule has 28 heavy (non-hydrogen) atoms. The molecule has 0 unspecified atom stereocenters. The first-order chi connectivity index (χ1) is 12.9. The van der Waals surface area contributed by atoms with E-state index < -0.39 is 30.0 Å². The highest BCUT2D eigenvalue weighted by molar-refractivity contribution is 7.86. The molecule has 0 aliphatic rings. The number of rotatable bonds is 7. The summed E-state index contributed by atoms with van der Waals surface area (Å²) in [5.74, 6) is 0.113. The molecule has 0 amide bonds. The van der Waals surface area contributed by atoms with Crippen LogP contribution in [0.2, 0.25) is 0 Å². The molecule has 6 N–H and O–H groups in total. The van der Waals surface area contributed by atoms with Gasteiger partial charge < -0.3 is 20.9 Å². The van der Waals surface area contributed by atoms with Crippen LogP contribution in [-0.4, -0.2) is 39.2 Å². The lowest BCUT2D eigenvalue weighted by Crippen LogP contribution is -2.09. The van der Waals surface area contributed by atoms with Crippen molar-refractivity contribution in [2.24, 2.45) is 0 Å². The highest BCUT2D eigenvalue weighted by atomic mass is 32.2. The van der Waals surface area contributed by atoms with Crippen molar-refractivity contribution in [3.63, 3.8) is 0 Å². The van der Waals surface area contributed by atoms with Gasteiger partial charge in [-0.25, -0.2) is 0 Å². The van der Waals surface area contributed by atoms with E-state index in [0.717, 1.165) is 24.3 Å². The Morgan fingerprint density at radius 2 is 1.07 bits per heavy atom. The van der Waals surface area contributed by atoms with Gasteiger partial charge in [0.25, 0.3) is 20.2 Å². The molecule has 0 saturated carbocycles. The van der Waals surface area contributed by atoms with Gasteiger partial charge in [-0.3, -0.25) is 9.11 Å². The number of nitrogen functional groups attached to an aromatic ring is 2. The zero-order chi connectivity index (χ0) is 21.3. The van der Waals surface area contributed by atoms with Crippen molar-refractivity contribution in [1.82, 2.24) is 0 Å². The molecule has 0 heterocycles. The molecule has 0 aliphatic carbocycles. The van der Waals surface area contributed by atoms with E-state index in [-0.39, 0.29) is 47.2 Å². The smallest absolute Gasteiger partial charge is 0.295 e. The summed E-state index contributed by atoms with van der Waals surface area (Å²) in [6.45, 7) is 3.70. The lowest BCUT2D eigenvalue weighted by molar-refractivity contribution is 0.341. The third-order valence-electron chi connectivity index (χ3n) is 3.67. The van der Waals surface area contributed by atoms with E-state index in [4.69, 9.17) is 20.9 Å². The zero-order valence-electron chi connectivity index (χ0n) is 15.0. The minimum atomic E-state index is -4.82. The zero-order valence-corrected chi connectivity index (χ0v) is 16.7. The van der Waals surface area contributed by atoms with Gasteiger partial charge in [-0.05, 0) is 38.1 Å². The third-order valence-corrected chi connectivity index (χ3v) is 5.46. The topological polar surface area (TPSA) is 179 Å². The van der Waals surface area contributed by atoms with Crippen molar-refractivity contribution in [3.8, 4) is 22.6 Å². The second-order valence-electron chi connectivity index (χ2n) is 5.59. The second kappa shape index (κ2) is 7.83. The highest BCUT2D eigenvalue weighted by Gasteiger charge is 2.26. The van der Waals surface area contributed by atoms with Crippen LogP contribution in [0.3, 0.4) is 0 Å². The fourth-order valence-electron chi connectivity index (χ4n) is 2.56. The van der Waals surface area contributed by atoms with E-state index >= 15 is 0 Å². The first kappa shape index (κ1) is 21.8.